The Labute approximate surface area is 74.6 Å². The SMILES string of the molecule is C=CCOCCCCC1OC1C. The van der Waals surface area contributed by atoms with Crippen LogP contribution in [0.2, 0.25) is 0 Å². The minimum Gasteiger partial charge on any atom is -0.377 e. The maximum atomic E-state index is 5.29. The second kappa shape index (κ2) is 5.33. The van der Waals surface area contributed by atoms with Gasteiger partial charge in [-0.3, -0.25) is 0 Å². The van der Waals surface area contributed by atoms with Gasteiger partial charge in [0, 0.05) is 6.61 Å². The third-order valence-corrected chi connectivity index (χ3v) is 2.10. The highest BCUT2D eigenvalue weighted by Crippen LogP contribution is 2.25. The molecule has 2 atom stereocenters. The van der Waals surface area contributed by atoms with Crippen LogP contribution < -0.4 is 0 Å². The van der Waals surface area contributed by atoms with Gasteiger partial charge in [0.25, 0.3) is 0 Å². The Morgan fingerprint density at radius 1 is 1.50 bits per heavy atom. The van der Waals surface area contributed by atoms with Gasteiger partial charge in [-0.05, 0) is 26.2 Å². The fourth-order valence-electron chi connectivity index (χ4n) is 1.25. The minimum absolute atomic E-state index is 0.513. The van der Waals surface area contributed by atoms with E-state index in [-0.39, 0.29) is 0 Å². The predicted octanol–water partition coefficient (Wildman–Crippen LogP) is 2.15. The molecule has 0 aliphatic carbocycles. The Morgan fingerprint density at radius 2 is 2.25 bits per heavy atom. The lowest BCUT2D eigenvalue weighted by atomic mass is 10.2. The van der Waals surface area contributed by atoms with Crippen LogP contribution in [0.3, 0.4) is 0 Å². The highest BCUT2D eigenvalue weighted by Gasteiger charge is 2.32. The van der Waals surface area contributed by atoms with E-state index in [1.807, 2.05) is 0 Å². The van der Waals surface area contributed by atoms with E-state index in [1.54, 1.807) is 6.08 Å². The fourth-order valence-corrected chi connectivity index (χ4v) is 1.25. The molecule has 0 spiro atoms. The molecule has 1 saturated heterocycles. The summed E-state index contributed by atoms with van der Waals surface area (Å²) >= 11 is 0. The Morgan fingerprint density at radius 3 is 2.83 bits per heavy atom. The number of rotatable bonds is 7. The van der Waals surface area contributed by atoms with Crippen molar-refractivity contribution in [3.8, 4) is 0 Å². The van der Waals surface area contributed by atoms with Crippen LogP contribution in [0.4, 0.5) is 0 Å². The number of unbranched alkanes of at least 4 members (excludes halogenated alkanes) is 1. The quantitative estimate of drug-likeness (QED) is 0.332. The lowest BCUT2D eigenvalue weighted by molar-refractivity contribution is 0.156. The molecule has 0 amide bonds. The number of hydrogen-bond donors (Lipinski definition) is 0. The molecular weight excluding hydrogens is 152 g/mol. The first-order chi connectivity index (χ1) is 5.84. The first-order valence-electron chi connectivity index (χ1n) is 4.68. The van der Waals surface area contributed by atoms with Crippen molar-refractivity contribution in [2.45, 2.75) is 38.4 Å². The van der Waals surface area contributed by atoms with E-state index in [1.165, 1.54) is 12.8 Å². The molecule has 2 heteroatoms. The third kappa shape index (κ3) is 3.88. The maximum absolute atomic E-state index is 5.29. The third-order valence-electron chi connectivity index (χ3n) is 2.10. The molecule has 1 aliphatic rings. The van der Waals surface area contributed by atoms with Crippen molar-refractivity contribution in [2.24, 2.45) is 0 Å². The largest absolute Gasteiger partial charge is 0.377 e. The molecule has 0 aromatic carbocycles. The summed E-state index contributed by atoms with van der Waals surface area (Å²) in [6, 6.07) is 0. The average molecular weight is 170 g/mol. The highest BCUT2D eigenvalue weighted by molar-refractivity contribution is 4.79. The van der Waals surface area contributed by atoms with Gasteiger partial charge in [-0.2, -0.15) is 0 Å². The van der Waals surface area contributed by atoms with Crippen LogP contribution in [-0.2, 0) is 9.47 Å². The van der Waals surface area contributed by atoms with Crippen LogP contribution >= 0.6 is 0 Å². The molecule has 0 N–H and O–H groups in total. The summed E-state index contributed by atoms with van der Waals surface area (Å²) in [4.78, 5) is 0. The van der Waals surface area contributed by atoms with E-state index in [0.717, 1.165) is 13.0 Å². The molecule has 70 valence electrons. The number of epoxide rings is 1. The van der Waals surface area contributed by atoms with Gasteiger partial charge < -0.3 is 9.47 Å². The van der Waals surface area contributed by atoms with Crippen molar-refractivity contribution >= 4 is 0 Å². The standard InChI is InChI=1S/C10H18O2/c1-3-7-11-8-5-4-6-10-9(2)12-10/h3,9-10H,1,4-8H2,2H3. The molecule has 12 heavy (non-hydrogen) atoms. The van der Waals surface area contributed by atoms with Crippen LogP contribution in [0.25, 0.3) is 0 Å². The first-order valence-corrected chi connectivity index (χ1v) is 4.68. The van der Waals surface area contributed by atoms with Crippen LogP contribution in [0.15, 0.2) is 12.7 Å². The van der Waals surface area contributed by atoms with Gasteiger partial charge in [0.05, 0.1) is 18.8 Å². The molecule has 0 aromatic heterocycles. The van der Waals surface area contributed by atoms with E-state index in [2.05, 4.69) is 13.5 Å². The van der Waals surface area contributed by atoms with E-state index >= 15 is 0 Å². The van der Waals surface area contributed by atoms with Crippen LogP contribution in [-0.4, -0.2) is 25.4 Å². The van der Waals surface area contributed by atoms with E-state index in [9.17, 15) is 0 Å². The van der Waals surface area contributed by atoms with Crippen molar-refractivity contribution in [1.82, 2.24) is 0 Å². The molecule has 1 aliphatic heterocycles. The zero-order valence-corrected chi connectivity index (χ0v) is 7.79. The predicted molar refractivity (Wildman–Crippen MR) is 49.2 cm³/mol. The summed E-state index contributed by atoms with van der Waals surface area (Å²) in [5.74, 6) is 0. The summed E-state index contributed by atoms with van der Waals surface area (Å²) in [5, 5.41) is 0. The van der Waals surface area contributed by atoms with Crippen LogP contribution in [0.1, 0.15) is 26.2 Å². The fraction of sp³-hybridized carbons (Fsp3) is 0.800. The molecular formula is C10H18O2. The smallest absolute Gasteiger partial charge is 0.0839 e. The topological polar surface area (TPSA) is 21.8 Å². The van der Waals surface area contributed by atoms with E-state index in [0.29, 0.717) is 18.8 Å². The van der Waals surface area contributed by atoms with Crippen molar-refractivity contribution in [1.29, 1.82) is 0 Å². The molecule has 1 heterocycles. The number of hydrogen-bond acceptors (Lipinski definition) is 2. The van der Waals surface area contributed by atoms with Crippen molar-refractivity contribution in [2.75, 3.05) is 13.2 Å². The minimum atomic E-state index is 0.513. The van der Waals surface area contributed by atoms with Gasteiger partial charge in [-0.25, -0.2) is 0 Å². The van der Waals surface area contributed by atoms with Gasteiger partial charge in [-0.15, -0.1) is 6.58 Å². The summed E-state index contributed by atoms with van der Waals surface area (Å²) in [7, 11) is 0. The average Bonchev–Trinajstić information content (AvgIpc) is 2.74. The summed E-state index contributed by atoms with van der Waals surface area (Å²) < 4.78 is 10.5. The molecule has 0 radical (unpaired) electrons. The maximum Gasteiger partial charge on any atom is 0.0839 e. The monoisotopic (exact) mass is 170 g/mol. The Bertz CT molecular complexity index is 134. The lowest BCUT2D eigenvalue weighted by Gasteiger charge is -1.99. The summed E-state index contributed by atoms with van der Waals surface area (Å²) in [6.07, 6.45) is 6.39. The number of ether oxygens (including phenoxy) is 2. The second-order valence-corrected chi connectivity index (χ2v) is 3.24. The molecule has 0 bridgehead atoms. The molecule has 2 nitrogen and oxygen atoms in total. The highest BCUT2D eigenvalue weighted by atomic mass is 16.6. The van der Waals surface area contributed by atoms with Gasteiger partial charge in [0.1, 0.15) is 0 Å². The Kier molecular flexibility index (Phi) is 4.33. The zero-order valence-electron chi connectivity index (χ0n) is 7.79. The van der Waals surface area contributed by atoms with Crippen LogP contribution in [0.5, 0.6) is 0 Å². The van der Waals surface area contributed by atoms with Crippen molar-refractivity contribution in [3.05, 3.63) is 12.7 Å². The molecule has 2 unspecified atom stereocenters. The normalized spacial score (nSPS) is 27.1. The van der Waals surface area contributed by atoms with E-state index in [4.69, 9.17) is 9.47 Å². The Hall–Kier alpha value is -0.340. The molecule has 0 saturated carbocycles. The summed E-state index contributed by atoms with van der Waals surface area (Å²) in [6.45, 7) is 7.24. The van der Waals surface area contributed by atoms with Gasteiger partial charge in [-0.1, -0.05) is 6.08 Å². The van der Waals surface area contributed by atoms with Gasteiger partial charge >= 0.3 is 0 Å². The van der Waals surface area contributed by atoms with Crippen LogP contribution in [0, 0.1) is 0 Å². The Balaban J connectivity index is 1.74. The zero-order chi connectivity index (χ0) is 8.81. The second-order valence-electron chi connectivity index (χ2n) is 3.24. The van der Waals surface area contributed by atoms with Gasteiger partial charge in [0.2, 0.25) is 0 Å². The molecule has 1 rings (SSSR count). The van der Waals surface area contributed by atoms with Gasteiger partial charge in [0.15, 0.2) is 0 Å². The van der Waals surface area contributed by atoms with Crippen molar-refractivity contribution < 1.29 is 9.47 Å². The molecule has 1 fully saturated rings. The van der Waals surface area contributed by atoms with Crippen molar-refractivity contribution in [3.63, 3.8) is 0 Å². The lowest BCUT2D eigenvalue weighted by Crippen LogP contribution is -1.96. The van der Waals surface area contributed by atoms with E-state index < -0.39 is 0 Å². The molecule has 0 aromatic rings. The first kappa shape index (κ1) is 9.75. The summed E-state index contributed by atoms with van der Waals surface area (Å²) in [5.41, 5.74) is 0.